The second kappa shape index (κ2) is 5.47. The maximum Gasteiger partial charge on any atom is 0.416 e. The Labute approximate surface area is 122 Å². The lowest BCUT2D eigenvalue weighted by atomic mass is 10.1. The highest BCUT2D eigenvalue weighted by Gasteiger charge is 2.32. The summed E-state index contributed by atoms with van der Waals surface area (Å²) in [7, 11) is 0. The van der Waals surface area contributed by atoms with Gasteiger partial charge in [-0.2, -0.15) is 18.4 Å². The van der Waals surface area contributed by atoms with Crippen LogP contribution >= 0.6 is 0 Å². The molecule has 0 radical (unpaired) electrons. The Bertz CT molecular complexity index is 758. The predicted octanol–water partition coefficient (Wildman–Crippen LogP) is 3.68. The van der Waals surface area contributed by atoms with Gasteiger partial charge in [0.25, 0.3) is 0 Å². The van der Waals surface area contributed by atoms with Gasteiger partial charge in [-0.05, 0) is 35.5 Å². The quantitative estimate of drug-likeness (QED) is 0.801. The number of ether oxygens (including phenoxy) is 1. The second-order valence-corrected chi connectivity index (χ2v) is 4.39. The highest BCUT2D eigenvalue weighted by atomic mass is 19.4. The molecule has 0 saturated heterocycles. The number of hydrogen-bond acceptors (Lipinski definition) is 4. The van der Waals surface area contributed by atoms with Gasteiger partial charge in [0.05, 0.1) is 5.56 Å². The Morgan fingerprint density at radius 1 is 0.955 bits per heavy atom. The monoisotopic (exact) mass is 306 g/mol. The first-order chi connectivity index (χ1) is 10.5. The molecule has 0 aliphatic carbocycles. The van der Waals surface area contributed by atoms with Crippen LogP contribution in [0.15, 0.2) is 48.5 Å². The smallest absolute Gasteiger partial charge is 0.416 e. The molecule has 0 aliphatic heterocycles. The summed E-state index contributed by atoms with van der Waals surface area (Å²) in [6.07, 6.45) is -4.51. The summed E-state index contributed by atoms with van der Waals surface area (Å²) >= 11 is 0. The maximum absolute atomic E-state index is 13.0. The molecule has 22 heavy (non-hydrogen) atoms. The van der Waals surface area contributed by atoms with Crippen molar-refractivity contribution in [3.8, 4) is 22.9 Å². The van der Waals surface area contributed by atoms with Crippen LogP contribution in [0.1, 0.15) is 5.56 Å². The fourth-order valence-electron chi connectivity index (χ4n) is 1.86. The van der Waals surface area contributed by atoms with E-state index in [0.717, 1.165) is 12.1 Å². The molecule has 0 spiro atoms. The minimum absolute atomic E-state index is 0.0424. The van der Waals surface area contributed by atoms with Crippen LogP contribution in [0.25, 0.3) is 11.4 Å². The van der Waals surface area contributed by atoms with E-state index in [-0.39, 0.29) is 17.1 Å². The minimum atomic E-state index is -4.51. The van der Waals surface area contributed by atoms with E-state index in [2.05, 4.69) is 20.6 Å². The molecule has 112 valence electrons. The molecule has 0 bridgehead atoms. The molecule has 0 unspecified atom stereocenters. The van der Waals surface area contributed by atoms with Gasteiger partial charge in [-0.25, -0.2) is 0 Å². The fraction of sp³-hybridized carbons (Fsp3) is 0.0714. The molecule has 0 fully saturated rings. The lowest BCUT2D eigenvalue weighted by Crippen LogP contribution is -2.05. The topological polar surface area (TPSA) is 63.7 Å². The predicted molar refractivity (Wildman–Crippen MR) is 71.1 cm³/mol. The fourth-order valence-corrected chi connectivity index (χ4v) is 1.86. The van der Waals surface area contributed by atoms with E-state index in [1.807, 2.05) is 0 Å². The first kappa shape index (κ1) is 14.1. The third-order valence-electron chi connectivity index (χ3n) is 2.82. The molecule has 1 N–H and O–H groups in total. The Kier molecular flexibility index (Phi) is 3.50. The summed E-state index contributed by atoms with van der Waals surface area (Å²) in [5.41, 5.74) is -0.685. The van der Waals surface area contributed by atoms with Crippen molar-refractivity contribution in [2.24, 2.45) is 0 Å². The van der Waals surface area contributed by atoms with E-state index < -0.39 is 11.7 Å². The molecule has 1 aromatic heterocycles. The number of H-pyrrole nitrogens is 1. The number of para-hydroxylation sites is 1. The molecular formula is C14H9F3N4O. The van der Waals surface area contributed by atoms with Gasteiger partial charge in [-0.3, -0.25) is 0 Å². The third-order valence-corrected chi connectivity index (χ3v) is 2.82. The van der Waals surface area contributed by atoms with Crippen molar-refractivity contribution in [2.45, 2.75) is 6.18 Å². The SMILES string of the molecule is FC(F)(F)c1cc(Oc2ccccc2)cc(-c2nn[nH]n2)c1. The number of hydrogen-bond donors (Lipinski definition) is 1. The maximum atomic E-state index is 13.0. The Morgan fingerprint density at radius 3 is 2.36 bits per heavy atom. The zero-order valence-electron chi connectivity index (χ0n) is 11.0. The number of aromatic amines is 1. The number of alkyl halides is 3. The molecular weight excluding hydrogens is 297 g/mol. The lowest BCUT2D eigenvalue weighted by molar-refractivity contribution is -0.137. The number of tetrazole rings is 1. The van der Waals surface area contributed by atoms with Crippen LogP contribution in [0.4, 0.5) is 13.2 Å². The van der Waals surface area contributed by atoms with Crippen molar-refractivity contribution in [2.75, 3.05) is 0 Å². The zero-order valence-corrected chi connectivity index (χ0v) is 11.0. The van der Waals surface area contributed by atoms with Gasteiger partial charge in [0.2, 0.25) is 5.82 Å². The number of nitrogens with zero attached hydrogens (tertiary/aromatic N) is 3. The van der Waals surface area contributed by atoms with Gasteiger partial charge < -0.3 is 4.74 Å². The molecule has 8 heteroatoms. The van der Waals surface area contributed by atoms with Gasteiger partial charge in [-0.15, -0.1) is 10.2 Å². The van der Waals surface area contributed by atoms with Crippen LogP contribution in [0.2, 0.25) is 0 Å². The van der Waals surface area contributed by atoms with Crippen molar-refractivity contribution in [1.29, 1.82) is 0 Å². The van der Waals surface area contributed by atoms with Crippen molar-refractivity contribution < 1.29 is 17.9 Å². The van der Waals surface area contributed by atoms with Gasteiger partial charge in [0.1, 0.15) is 11.5 Å². The number of halogens is 3. The van der Waals surface area contributed by atoms with E-state index in [4.69, 9.17) is 4.74 Å². The highest BCUT2D eigenvalue weighted by molar-refractivity contribution is 5.59. The van der Waals surface area contributed by atoms with Crippen LogP contribution in [-0.2, 0) is 6.18 Å². The number of nitrogens with one attached hydrogen (secondary N) is 1. The third kappa shape index (κ3) is 3.05. The first-order valence-electron chi connectivity index (χ1n) is 6.21. The van der Waals surface area contributed by atoms with Crippen molar-refractivity contribution in [3.05, 3.63) is 54.1 Å². The molecule has 0 amide bonds. The first-order valence-corrected chi connectivity index (χ1v) is 6.21. The van der Waals surface area contributed by atoms with Gasteiger partial charge in [0.15, 0.2) is 0 Å². The summed E-state index contributed by atoms with van der Waals surface area (Å²) in [4.78, 5) is 0. The largest absolute Gasteiger partial charge is 0.457 e. The highest BCUT2D eigenvalue weighted by Crippen LogP contribution is 2.36. The van der Waals surface area contributed by atoms with Gasteiger partial charge >= 0.3 is 6.18 Å². The summed E-state index contributed by atoms with van der Waals surface area (Å²) in [6, 6.07) is 11.8. The van der Waals surface area contributed by atoms with Crippen LogP contribution in [0, 0.1) is 0 Å². The molecule has 0 atom stereocenters. The lowest BCUT2D eigenvalue weighted by Gasteiger charge is -2.12. The molecule has 0 aliphatic rings. The van der Waals surface area contributed by atoms with Crippen LogP contribution < -0.4 is 4.74 Å². The van der Waals surface area contributed by atoms with E-state index >= 15 is 0 Å². The second-order valence-electron chi connectivity index (χ2n) is 4.39. The number of aromatic nitrogens is 4. The molecule has 0 saturated carbocycles. The van der Waals surface area contributed by atoms with Gasteiger partial charge in [0, 0.05) is 5.56 Å². The molecule has 5 nitrogen and oxygen atoms in total. The Balaban J connectivity index is 2.04. The van der Waals surface area contributed by atoms with Crippen LogP contribution in [0.3, 0.4) is 0 Å². The summed E-state index contributed by atoms with van der Waals surface area (Å²) in [5.74, 6) is 0.533. The molecule has 3 aromatic rings. The van der Waals surface area contributed by atoms with Crippen LogP contribution in [0.5, 0.6) is 11.5 Å². The van der Waals surface area contributed by atoms with E-state index in [0.29, 0.717) is 5.75 Å². The van der Waals surface area contributed by atoms with Crippen molar-refractivity contribution >= 4 is 0 Å². The van der Waals surface area contributed by atoms with Crippen molar-refractivity contribution in [1.82, 2.24) is 20.6 Å². The standard InChI is InChI=1S/C14H9F3N4O/c15-14(16,17)10-6-9(13-18-20-21-19-13)7-12(8-10)22-11-4-2-1-3-5-11/h1-8H,(H,18,19,20,21). The molecule has 1 heterocycles. The normalized spacial score (nSPS) is 11.4. The minimum Gasteiger partial charge on any atom is -0.457 e. The zero-order chi connectivity index (χ0) is 15.6. The summed E-state index contributed by atoms with van der Waals surface area (Å²) < 4.78 is 44.5. The molecule has 2 aromatic carbocycles. The number of benzene rings is 2. The van der Waals surface area contributed by atoms with E-state index in [1.54, 1.807) is 30.3 Å². The van der Waals surface area contributed by atoms with Gasteiger partial charge in [-0.1, -0.05) is 18.2 Å². The summed E-state index contributed by atoms with van der Waals surface area (Å²) in [5, 5.41) is 12.9. The average Bonchev–Trinajstić information content (AvgIpc) is 3.01. The molecule has 3 rings (SSSR count). The summed E-state index contributed by atoms with van der Waals surface area (Å²) in [6.45, 7) is 0. The average molecular weight is 306 g/mol. The van der Waals surface area contributed by atoms with E-state index in [9.17, 15) is 13.2 Å². The Hall–Kier alpha value is -2.90. The van der Waals surface area contributed by atoms with Crippen molar-refractivity contribution in [3.63, 3.8) is 0 Å². The number of rotatable bonds is 3. The Morgan fingerprint density at radius 2 is 1.73 bits per heavy atom. The van der Waals surface area contributed by atoms with E-state index in [1.165, 1.54) is 6.07 Å². The van der Waals surface area contributed by atoms with Crippen LogP contribution in [-0.4, -0.2) is 20.6 Å².